The number of anilines is 1. The van der Waals surface area contributed by atoms with Crippen LogP contribution in [0.25, 0.3) is 0 Å². The molecule has 2 aromatic rings. The molecular formula is C12H15ClN8OS. The summed E-state index contributed by atoms with van der Waals surface area (Å²) < 4.78 is 4.00. The summed E-state index contributed by atoms with van der Waals surface area (Å²) in [5.74, 6) is 12.3. The summed E-state index contributed by atoms with van der Waals surface area (Å²) in [4.78, 5) is 9.23. The number of nitrogens with zero attached hydrogens (tertiary/aromatic N) is 5. The van der Waals surface area contributed by atoms with Gasteiger partial charge in [0, 0.05) is 22.1 Å². The van der Waals surface area contributed by atoms with E-state index in [1.54, 1.807) is 31.2 Å². The van der Waals surface area contributed by atoms with Crippen LogP contribution in [0.1, 0.15) is 18.3 Å². The Morgan fingerprint density at radius 3 is 2.87 bits per heavy atom. The number of aromatic nitrogens is 2. The molecule has 0 unspecified atom stereocenters. The maximum Gasteiger partial charge on any atom is 0.200 e. The number of halogens is 1. The van der Waals surface area contributed by atoms with Gasteiger partial charge in [-0.3, -0.25) is 0 Å². The molecule has 0 saturated carbocycles. The summed E-state index contributed by atoms with van der Waals surface area (Å²) in [5.41, 5.74) is 6.14. The van der Waals surface area contributed by atoms with E-state index in [0.717, 1.165) is 11.5 Å². The molecule has 2 rings (SSSR count). The number of hydrogen-bond donors (Lipinski definition) is 3. The molecule has 0 spiro atoms. The van der Waals surface area contributed by atoms with Crippen molar-refractivity contribution in [1.82, 2.24) is 14.4 Å². The van der Waals surface area contributed by atoms with Gasteiger partial charge < -0.3 is 16.4 Å². The second-order valence-electron chi connectivity index (χ2n) is 4.29. The van der Waals surface area contributed by atoms with E-state index in [1.807, 2.05) is 0 Å². The summed E-state index contributed by atoms with van der Waals surface area (Å²) in [7, 11) is 0. The fourth-order valence-electron chi connectivity index (χ4n) is 1.56. The maximum absolute atomic E-state index is 6.00. The molecule has 1 heterocycles. The Hall–Kier alpha value is -2.43. The van der Waals surface area contributed by atoms with Crippen LogP contribution in [0.4, 0.5) is 5.13 Å². The molecule has 0 aliphatic rings. The van der Waals surface area contributed by atoms with E-state index in [1.165, 1.54) is 5.01 Å². The maximum atomic E-state index is 6.00. The van der Waals surface area contributed by atoms with Crippen LogP contribution in [0.15, 0.2) is 34.5 Å². The van der Waals surface area contributed by atoms with Gasteiger partial charge in [-0.15, -0.1) is 0 Å². The van der Waals surface area contributed by atoms with Gasteiger partial charge in [0.1, 0.15) is 5.84 Å². The number of hydrogen-bond acceptors (Lipinski definition) is 9. The molecule has 0 radical (unpaired) electrons. The zero-order chi connectivity index (χ0) is 16.8. The van der Waals surface area contributed by atoms with Gasteiger partial charge in [0.2, 0.25) is 0 Å². The van der Waals surface area contributed by atoms with Crippen LogP contribution in [0.2, 0.25) is 5.02 Å². The predicted molar refractivity (Wildman–Crippen MR) is 90.4 cm³/mol. The van der Waals surface area contributed by atoms with Crippen molar-refractivity contribution in [3.05, 3.63) is 40.7 Å². The number of amidine groups is 2. The molecule has 1 aromatic heterocycles. The summed E-state index contributed by atoms with van der Waals surface area (Å²) in [6.45, 7) is 1.67. The minimum Gasteiger partial charge on any atom is -0.386 e. The molecule has 23 heavy (non-hydrogen) atoms. The first-order valence-electron chi connectivity index (χ1n) is 6.34. The molecule has 0 bridgehead atoms. The molecule has 6 N–H and O–H groups in total. The van der Waals surface area contributed by atoms with Gasteiger partial charge in [0.15, 0.2) is 23.4 Å². The van der Waals surface area contributed by atoms with E-state index in [2.05, 4.69) is 19.6 Å². The zero-order valence-corrected chi connectivity index (χ0v) is 13.8. The average Bonchev–Trinajstić information content (AvgIpc) is 2.95. The minimum atomic E-state index is 0.0461. The first-order valence-corrected chi connectivity index (χ1v) is 7.49. The molecule has 9 nitrogen and oxygen atoms in total. The quantitative estimate of drug-likeness (QED) is 0.323. The monoisotopic (exact) mass is 354 g/mol. The third kappa shape index (κ3) is 4.52. The number of oxime groups is 1. The number of hydrazone groups is 1. The van der Waals surface area contributed by atoms with Gasteiger partial charge in [-0.25, -0.2) is 10.9 Å². The Morgan fingerprint density at radius 1 is 1.48 bits per heavy atom. The largest absolute Gasteiger partial charge is 0.386 e. The van der Waals surface area contributed by atoms with Crippen LogP contribution in [0, 0.1) is 0 Å². The number of benzene rings is 1. The first kappa shape index (κ1) is 16.9. The molecule has 0 atom stereocenters. The van der Waals surface area contributed by atoms with E-state index >= 15 is 0 Å². The number of hydrazine groups is 1. The molecule has 0 aliphatic carbocycles. The van der Waals surface area contributed by atoms with Gasteiger partial charge in [0.25, 0.3) is 0 Å². The SMILES string of the molecule is C/C(=N/N)N(N)/C(=N/OCc1nsc(N)n1)c1cccc(Cl)c1. The van der Waals surface area contributed by atoms with Gasteiger partial charge in [-0.1, -0.05) is 28.9 Å². The fourth-order valence-corrected chi connectivity index (χ4v) is 2.18. The van der Waals surface area contributed by atoms with E-state index in [4.69, 9.17) is 33.9 Å². The summed E-state index contributed by atoms with van der Waals surface area (Å²) >= 11 is 7.07. The molecule has 1 aromatic carbocycles. The molecule has 0 aliphatic heterocycles. The van der Waals surface area contributed by atoms with E-state index < -0.39 is 0 Å². The van der Waals surface area contributed by atoms with Crippen molar-refractivity contribution in [2.45, 2.75) is 13.5 Å². The lowest BCUT2D eigenvalue weighted by Gasteiger charge is -2.19. The van der Waals surface area contributed by atoms with Gasteiger partial charge in [-0.2, -0.15) is 14.5 Å². The van der Waals surface area contributed by atoms with Crippen molar-refractivity contribution in [2.75, 3.05) is 5.73 Å². The Balaban J connectivity index is 2.23. The van der Waals surface area contributed by atoms with Crippen LogP contribution in [0.5, 0.6) is 0 Å². The third-order valence-corrected chi connectivity index (χ3v) is 3.49. The van der Waals surface area contributed by atoms with Crippen LogP contribution in [0.3, 0.4) is 0 Å². The van der Waals surface area contributed by atoms with Crippen molar-refractivity contribution >= 4 is 39.9 Å². The molecule has 122 valence electrons. The van der Waals surface area contributed by atoms with Crippen molar-refractivity contribution < 1.29 is 4.84 Å². The summed E-state index contributed by atoms with van der Waals surface area (Å²) in [6.07, 6.45) is 0. The lowest BCUT2D eigenvalue weighted by atomic mass is 10.2. The van der Waals surface area contributed by atoms with Crippen LogP contribution in [-0.4, -0.2) is 26.0 Å². The second-order valence-corrected chi connectivity index (χ2v) is 5.51. The topological polar surface area (TPSA) is 141 Å². The second kappa shape index (κ2) is 7.72. The molecular weight excluding hydrogens is 340 g/mol. The van der Waals surface area contributed by atoms with Gasteiger partial charge in [-0.05, 0) is 19.1 Å². The summed E-state index contributed by atoms with van der Waals surface area (Å²) in [6, 6.07) is 6.96. The highest BCUT2D eigenvalue weighted by atomic mass is 35.5. The number of nitrogen functional groups attached to an aromatic ring is 1. The molecule has 11 heteroatoms. The minimum absolute atomic E-state index is 0.0461. The van der Waals surface area contributed by atoms with Crippen LogP contribution in [-0.2, 0) is 11.4 Å². The lowest BCUT2D eigenvalue weighted by Crippen LogP contribution is -2.42. The Morgan fingerprint density at radius 2 is 2.26 bits per heavy atom. The third-order valence-electron chi connectivity index (χ3n) is 2.67. The van der Waals surface area contributed by atoms with E-state index in [-0.39, 0.29) is 12.4 Å². The van der Waals surface area contributed by atoms with Gasteiger partial charge >= 0.3 is 0 Å². The average molecular weight is 355 g/mol. The molecule has 0 fully saturated rings. The smallest absolute Gasteiger partial charge is 0.200 e. The highest BCUT2D eigenvalue weighted by Crippen LogP contribution is 2.13. The molecule has 0 amide bonds. The lowest BCUT2D eigenvalue weighted by molar-refractivity contribution is 0.123. The fraction of sp³-hybridized carbons (Fsp3) is 0.167. The van der Waals surface area contributed by atoms with Crippen molar-refractivity contribution in [2.24, 2.45) is 21.9 Å². The highest BCUT2D eigenvalue weighted by Gasteiger charge is 2.15. The zero-order valence-electron chi connectivity index (χ0n) is 12.2. The standard InChI is InChI=1S/C12H15ClN8OS/c1-7(18-15)21(16)11(8-3-2-4-9(13)5-8)19-22-6-10-17-12(14)23-20-10/h2-5H,6,15-16H2,1H3,(H2,14,17,20)/b18-7-,19-11+. The predicted octanol–water partition coefficient (Wildman–Crippen LogP) is 1.12. The van der Waals surface area contributed by atoms with Crippen LogP contribution < -0.4 is 17.4 Å². The Kier molecular flexibility index (Phi) is 5.68. The highest BCUT2D eigenvalue weighted by molar-refractivity contribution is 7.09. The summed E-state index contributed by atoms with van der Waals surface area (Å²) in [5, 5.41) is 9.62. The van der Waals surface area contributed by atoms with Gasteiger partial charge in [0.05, 0.1) is 0 Å². The normalized spacial score (nSPS) is 12.3. The van der Waals surface area contributed by atoms with Crippen molar-refractivity contribution in [1.29, 1.82) is 0 Å². The number of nitrogens with two attached hydrogens (primary N) is 3. The van der Waals surface area contributed by atoms with E-state index in [0.29, 0.717) is 27.4 Å². The Bertz CT molecular complexity index is 731. The van der Waals surface area contributed by atoms with E-state index in [9.17, 15) is 0 Å². The number of rotatable bonds is 4. The first-order chi connectivity index (χ1) is 11.0. The molecule has 0 saturated heterocycles. The van der Waals surface area contributed by atoms with Crippen LogP contribution >= 0.6 is 23.1 Å². The Labute approximate surface area is 141 Å². The van der Waals surface area contributed by atoms with Crippen molar-refractivity contribution in [3.63, 3.8) is 0 Å². The van der Waals surface area contributed by atoms with Crippen molar-refractivity contribution in [3.8, 4) is 0 Å².